The van der Waals surface area contributed by atoms with E-state index in [0.717, 1.165) is 13.0 Å². The highest BCUT2D eigenvalue weighted by molar-refractivity contribution is 5.91. The van der Waals surface area contributed by atoms with Gasteiger partial charge in [0.25, 0.3) is 0 Å². The Labute approximate surface area is 178 Å². The van der Waals surface area contributed by atoms with E-state index in [2.05, 4.69) is 120 Å². The molecule has 0 atom stereocenters. The first-order valence-electron chi connectivity index (χ1n) is 10.7. The summed E-state index contributed by atoms with van der Waals surface area (Å²) in [7, 11) is 0. The minimum absolute atomic E-state index is 1.07. The van der Waals surface area contributed by atoms with Crippen LogP contribution in [0.3, 0.4) is 0 Å². The molecule has 0 aliphatic carbocycles. The molecule has 0 unspecified atom stereocenters. The number of fused-ring (bicyclic) bond motifs is 1. The molecule has 0 N–H and O–H groups in total. The summed E-state index contributed by atoms with van der Waals surface area (Å²) in [6, 6.07) is 39.0. The van der Waals surface area contributed by atoms with Gasteiger partial charge in [-0.3, -0.25) is 0 Å². The Kier molecular flexibility index (Phi) is 5.18. The molecule has 0 bridgehead atoms. The number of anilines is 2. The average Bonchev–Trinajstić information content (AvgIpc) is 2.83. The molecule has 1 heterocycles. The van der Waals surface area contributed by atoms with Gasteiger partial charge in [0.05, 0.1) is 0 Å². The molecule has 1 nitrogen and oxygen atoms in total. The zero-order valence-corrected chi connectivity index (χ0v) is 17.0. The molecule has 0 saturated heterocycles. The third kappa shape index (κ3) is 3.79. The Hall–Kier alpha value is -3.58. The lowest BCUT2D eigenvalue weighted by molar-refractivity contribution is 0.766. The third-order valence-corrected chi connectivity index (χ3v) is 5.77. The fourth-order valence-electron chi connectivity index (χ4n) is 4.32. The molecule has 0 aromatic heterocycles. The first-order chi connectivity index (χ1) is 14.9. The van der Waals surface area contributed by atoms with Crippen LogP contribution in [0.5, 0.6) is 0 Å². The van der Waals surface area contributed by atoms with Gasteiger partial charge in [-0.25, -0.2) is 0 Å². The Bertz CT molecular complexity index is 1100. The van der Waals surface area contributed by atoms with E-state index in [0.29, 0.717) is 0 Å². The average molecular weight is 388 g/mol. The smallest absolute Gasteiger partial charge is 0.0443 e. The minimum Gasteiger partial charge on any atom is -0.341 e. The fraction of sp³-hybridized carbons (Fsp3) is 0.103. The van der Waals surface area contributed by atoms with E-state index in [1.54, 1.807) is 0 Å². The van der Waals surface area contributed by atoms with Gasteiger partial charge >= 0.3 is 0 Å². The molecule has 1 heteroatoms. The Morgan fingerprint density at radius 3 is 1.90 bits per heavy atom. The molecule has 0 amide bonds. The third-order valence-electron chi connectivity index (χ3n) is 5.77. The highest BCUT2D eigenvalue weighted by atomic mass is 15.1. The van der Waals surface area contributed by atoms with Crippen LogP contribution < -0.4 is 4.90 Å². The van der Waals surface area contributed by atoms with Crippen LogP contribution in [0, 0.1) is 0 Å². The van der Waals surface area contributed by atoms with Gasteiger partial charge < -0.3 is 4.90 Å². The fourth-order valence-corrected chi connectivity index (χ4v) is 4.32. The highest BCUT2D eigenvalue weighted by Gasteiger charge is 2.18. The molecule has 0 saturated carbocycles. The van der Waals surface area contributed by atoms with Crippen molar-refractivity contribution in [3.8, 4) is 0 Å². The molecular weight excluding hydrogens is 362 g/mol. The van der Waals surface area contributed by atoms with Crippen LogP contribution >= 0.6 is 0 Å². The standard InChI is InChI=1S/C29H25N/c1-4-11-24(12-5-1)28(25-13-6-2-7-14-25)22-23-18-19-29-26(21-23)15-10-20-30(29)27-16-8-3-9-17-27/h1-9,11-14,16-19,21-22H,10,15,20H2. The highest BCUT2D eigenvalue weighted by Crippen LogP contribution is 2.35. The van der Waals surface area contributed by atoms with Gasteiger partial charge in [-0.15, -0.1) is 0 Å². The summed E-state index contributed by atoms with van der Waals surface area (Å²) >= 11 is 0. The van der Waals surface area contributed by atoms with Crippen LogP contribution in [-0.2, 0) is 6.42 Å². The molecule has 0 spiro atoms. The predicted octanol–water partition coefficient (Wildman–Crippen LogP) is 7.36. The van der Waals surface area contributed by atoms with Crippen LogP contribution in [0.15, 0.2) is 109 Å². The summed E-state index contributed by atoms with van der Waals surface area (Å²) < 4.78 is 0. The minimum atomic E-state index is 1.07. The van der Waals surface area contributed by atoms with Crippen molar-refractivity contribution in [3.05, 3.63) is 131 Å². The Morgan fingerprint density at radius 1 is 0.667 bits per heavy atom. The first kappa shape index (κ1) is 18.4. The number of hydrogen-bond acceptors (Lipinski definition) is 1. The molecule has 0 fully saturated rings. The van der Waals surface area contributed by atoms with Crippen molar-refractivity contribution >= 4 is 23.0 Å². The molecule has 30 heavy (non-hydrogen) atoms. The first-order valence-corrected chi connectivity index (χ1v) is 10.7. The second-order valence-corrected chi connectivity index (χ2v) is 7.77. The number of hydrogen-bond donors (Lipinski definition) is 0. The lowest BCUT2D eigenvalue weighted by Crippen LogP contribution is -2.24. The van der Waals surface area contributed by atoms with Gasteiger partial charge in [0, 0.05) is 17.9 Å². The van der Waals surface area contributed by atoms with Gasteiger partial charge in [0.15, 0.2) is 0 Å². The van der Waals surface area contributed by atoms with Crippen molar-refractivity contribution in [2.45, 2.75) is 12.8 Å². The van der Waals surface area contributed by atoms with E-state index in [-0.39, 0.29) is 0 Å². The van der Waals surface area contributed by atoms with Crippen molar-refractivity contribution in [2.75, 3.05) is 11.4 Å². The maximum absolute atomic E-state index is 2.45. The summed E-state index contributed by atoms with van der Waals surface area (Å²) in [5.74, 6) is 0. The summed E-state index contributed by atoms with van der Waals surface area (Å²) in [4.78, 5) is 2.45. The van der Waals surface area contributed by atoms with E-state index in [9.17, 15) is 0 Å². The van der Waals surface area contributed by atoms with Crippen LogP contribution in [0.4, 0.5) is 11.4 Å². The molecule has 4 aromatic carbocycles. The van der Waals surface area contributed by atoms with Gasteiger partial charge in [0.2, 0.25) is 0 Å². The molecular formula is C29H25N. The zero-order valence-electron chi connectivity index (χ0n) is 17.0. The maximum atomic E-state index is 2.45. The van der Waals surface area contributed by atoms with Crippen molar-refractivity contribution in [3.63, 3.8) is 0 Å². The van der Waals surface area contributed by atoms with Gasteiger partial charge in [-0.1, -0.05) is 84.9 Å². The Balaban J connectivity index is 1.56. The largest absolute Gasteiger partial charge is 0.341 e. The number of benzene rings is 4. The summed E-state index contributed by atoms with van der Waals surface area (Å²) in [5, 5.41) is 0. The topological polar surface area (TPSA) is 3.24 Å². The van der Waals surface area contributed by atoms with Crippen molar-refractivity contribution < 1.29 is 0 Å². The number of aryl methyl sites for hydroxylation is 1. The molecule has 146 valence electrons. The lowest BCUT2D eigenvalue weighted by Gasteiger charge is -2.31. The summed E-state index contributed by atoms with van der Waals surface area (Å²) in [6.45, 7) is 1.07. The van der Waals surface area contributed by atoms with Crippen molar-refractivity contribution in [1.82, 2.24) is 0 Å². The van der Waals surface area contributed by atoms with E-state index in [1.807, 2.05) is 0 Å². The van der Waals surface area contributed by atoms with Crippen molar-refractivity contribution in [2.24, 2.45) is 0 Å². The lowest BCUT2D eigenvalue weighted by atomic mass is 9.93. The second kappa shape index (κ2) is 8.42. The van der Waals surface area contributed by atoms with Crippen LogP contribution in [0.25, 0.3) is 11.6 Å². The monoisotopic (exact) mass is 387 g/mol. The molecule has 4 aromatic rings. The van der Waals surface area contributed by atoms with Crippen LogP contribution in [0.2, 0.25) is 0 Å². The molecule has 1 aliphatic heterocycles. The summed E-state index contributed by atoms with van der Waals surface area (Å²) in [5.41, 5.74) is 9.04. The van der Waals surface area contributed by atoms with E-state index in [4.69, 9.17) is 0 Å². The molecule has 1 aliphatic rings. The number of nitrogens with zero attached hydrogens (tertiary/aromatic N) is 1. The molecule has 0 radical (unpaired) electrons. The van der Waals surface area contributed by atoms with E-state index >= 15 is 0 Å². The Morgan fingerprint density at radius 2 is 1.27 bits per heavy atom. The normalized spacial score (nSPS) is 12.9. The van der Waals surface area contributed by atoms with Crippen LogP contribution in [-0.4, -0.2) is 6.54 Å². The maximum Gasteiger partial charge on any atom is 0.0443 e. The second-order valence-electron chi connectivity index (χ2n) is 7.77. The van der Waals surface area contributed by atoms with E-state index < -0.39 is 0 Å². The van der Waals surface area contributed by atoms with E-state index in [1.165, 1.54) is 45.6 Å². The summed E-state index contributed by atoms with van der Waals surface area (Å²) in [6.07, 6.45) is 4.64. The number of para-hydroxylation sites is 1. The molecule has 5 rings (SSSR count). The zero-order chi connectivity index (χ0) is 20.2. The van der Waals surface area contributed by atoms with Crippen molar-refractivity contribution in [1.29, 1.82) is 0 Å². The van der Waals surface area contributed by atoms with Crippen LogP contribution in [0.1, 0.15) is 28.7 Å². The van der Waals surface area contributed by atoms with Gasteiger partial charge in [0.1, 0.15) is 0 Å². The SMILES string of the molecule is C(=C(c1ccccc1)c1ccccc1)c1ccc2c(c1)CCCN2c1ccccc1. The quantitative estimate of drug-likeness (QED) is 0.331. The number of rotatable bonds is 4. The van der Waals surface area contributed by atoms with Gasteiger partial charge in [-0.05, 0) is 71.0 Å². The van der Waals surface area contributed by atoms with Gasteiger partial charge in [-0.2, -0.15) is 0 Å². The predicted molar refractivity (Wildman–Crippen MR) is 128 cm³/mol.